The third-order valence-electron chi connectivity index (χ3n) is 5.06. The molecule has 0 aliphatic carbocycles. The van der Waals surface area contributed by atoms with Crippen LogP contribution in [0.5, 0.6) is 0 Å². The van der Waals surface area contributed by atoms with Crippen molar-refractivity contribution in [1.29, 1.82) is 0 Å². The maximum absolute atomic E-state index is 12.5. The lowest BCUT2D eigenvalue weighted by Gasteiger charge is -2.27. The zero-order valence-corrected chi connectivity index (χ0v) is 17.1. The fourth-order valence-corrected chi connectivity index (χ4v) is 4.85. The Kier molecular flexibility index (Phi) is 6.36. The molecule has 0 radical (unpaired) electrons. The van der Waals surface area contributed by atoms with Crippen molar-refractivity contribution < 1.29 is 13.2 Å². The van der Waals surface area contributed by atoms with E-state index in [1.165, 1.54) is 0 Å². The average Bonchev–Trinajstić information content (AvgIpc) is 3.16. The summed E-state index contributed by atoms with van der Waals surface area (Å²) in [4.78, 5) is 14.7. The van der Waals surface area contributed by atoms with Crippen molar-refractivity contribution >= 4 is 21.6 Å². The van der Waals surface area contributed by atoms with Gasteiger partial charge in [-0.2, -0.15) is 0 Å². The number of hydrogen-bond donors (Lipinski definition) is 2. The van der Waals surface area contributed by atoms with E-state index in [-0.39, 0.29) is 23.4 Å². The molecule has 2 N–H and O–H groups in total. The molecule has 3 rings (SSSR count). The summed E-state index contributed by atoms with van der Waals surface area (Å²) < 4.78 is 27.4. The van der Waals surface area contributed by atoms with Gasteiger partial charge >= 0.3 is 0 Å². The number of aryl methyl sites for hydroxylation is 2. The Morgan fingerprint density at radius 1 is 1.14 bits per heavy atom. The fraction of sp³-hybridized carbons (Fsp3) is 0.381. The Morgan fingerprint density at radius 3 is 2.64 bits per heavy atom. The summed E-state index contributed by atoms with van der Waals surface area (Å²) >= 11 is 0. The minimum absolute atomic E-state index is 0.214. The number of amides is 1. The highest BCUT2D eigenvalue weighted by molar-refractivity contribution is 7.89. The van der Waals surface area contributed by atoms with E-state index in [0.29, 0.717) is 12.1 Å². The fourth-order valence-electron chi connectivity index (χ4n) is 3.54. The predicted octanol–water partition coefficient (Wildman–Crippen LogP) is 2.37. The largest absolute Gasteiger partial charge is 0.367 e. The van der Waals surface area contributed by atoms with Gasteiger partial charge in [-0.05, 0) is 56.0 Å². The van der Waals surface area contributed by atoms with Gasteiger partial charge in [0.25, 0.3) is 0 Å². The molecule has 6 nitrogen and oxygen atoms in total. The molecular formula is C21H27N3O3S. The number of carbonyl (C=O) groups excluding carboxylic acids is 1. The van der Waals surface area contributed by atoms with Gasteiger partial charge in [0.05, 0.1) is 11.4 Å². The van der Waals surface area contributed by atoms with Gasteiger partial charge in [-0.1, -0.05) is 30.3 Å². The first kappa shape index (κ1) is 20.4. The summed E-state index contributed by atoms with van der Waals surface area (Å²) in [6.45, 7) is 4.77. The molecule has 1 atom stereocenters. The quantitative estimate of drug-likeness (QED) is 0.747. The molecule has 2 aromatic rings. The summed E-state index contributed by atoms with van der Waals surface area (Å²) in [5, 5.41) is 2.87. The second-order valence-corrected chi connectivity index (χ2v) is 8.96. The number of nitrogens with zero attached hydrogens (tertiary/aromatic N) is 1. The van der Waals surface area contributed by atoms with Crippen LogP contribution in [0.25, 0.3) is 0 Å². The number of para-hydroxylation sites is 1. The predicted molar refractivity (Wildman–Crippen MR) is 111 cm³/mol. The maximum atomic E-state index is 12.5. The van der Waals surface area contributed by atoms with Crippen LogP contribution in [-0.2, 0) is 14.8 Å². The molecule has 1 amide bonds. The molecule has 1 fully saturated rings. The van der Waals surface area contributed by atoms with Crippen LogP contribution in [-0.4, -0.2) is 40.0 Å². The van der Waals surface area contributed by atoms with E-state index in [1.807, 2.05) is 31.2 Å². The topological polar surface area (TPSA) is 78.5 Å². The highest BCUT2D eigenvalue weighted by atomic mass is 32.2. The number of nitrogens with one attached hydrogen (secondary N) is 2. The van der Waals surface area contributed by atoms with Gasteiger partial charge in [0.15, 0.2) is 0 Å². The monoisotopic (exact) mass is 401 g/mol. The molecule has 7 heteroatoms. The van der Waals surface area contributed by atoms with Gasteiger partial charge in [0.1, 0.15) is 0 Å². The van der Waals surface area contributed by atoms with E-state index in [9.17, 15) is 13.2 Å². The van der Waals surface area contributed by atoms with Crippen molar-refractivity contribution in [2.75, 3.05) is 24.5 Å². The SMILES string of the molecule is Cc1ccc(C)c(S(=O)(=O)NCC(=O)NCC2CCCN2c2ccccc2)c1. The molecule has 150 valence electrons. The van der Waals surface area contributed by atoms with Crippen molar-refractivity contribution in [3.63, 3.8) is 0 Å². The molecule has 1 unspecified atom stereocenters. The first-order valence-electron chi connectivity index (χ1n) is 9.52. The zero-order chi connectivity index (χ0) is 20.1. The first-order valence-corrected chi connectivity index (χ1v) is 11.0. The first-order chi connectivity index (χ1) is 13.4. The van der Waals surface area contributed by atoms with Crippen molar-refractivity contribution in [3.05, 3.63) is 59.7 Å². The number of hydrogen-bond acceptors (Lipinski definition) is 4. The van der Waals surface area contributed by atoms with Crippen LogP contribution >= 0.6 is 0 Å². The van der Waals surface area contributed by atoms with Gasteiger partial charge in [-0.15, -0.1) is 0 Å². The van der Waals surface area contributed by atoms with Gasteiger partial charge < -0.3 is 10.2 Å². The summed E-state index contributed by atoms with van der Waals surface area (Å²) in [5.74, 6) is -0.325. The van der Waals surface area contributed by atoms with E-state index in [0.717, 1.165) is 30.6 Å². The zero-order valence-electron chi connectivity index (χ0n) is 16.3. The molecule has 1 saturated heterocycles. The third-order valence-corrected chi connectivity index (χ3v) is 6.60. The molecule has 1 heterocycles. The van der Waals surface area contributed by atoms with Gasteiger partial charge in [-0.25, -0.2) is 13.1 Å². The third kappa shape index (κ3) is 4.91. The van der Waals surface area contributed by atoms with Gasteiger partial charge in [0.2, 0.25) is 15.9 Å². The summed E-state index contributed by atoms with van der Waals surface area (Å²) in [7, 11) is -3.72. The molecule has 28 heavy (non-hydrogen) atoms. The molecule has 2 aromatic carbocycles. The Morgan fingerprint density at radius 2 is 1.89 bits per heavy atom. The second-order valence-electron chi connectivity index (χ2n) is 7.22. The van der Waals surface area contributed by atoms with E-state index < -0.39 is 10.0 Å². The number of carbonyl (C=O) groups is 1. The van der Waals surface area contributed by atoms with Crippen molar-refractivity contribution in [2.45, 2.75) is 37.6 Å². The summed E-state index contributed by atoms with van der Waals surface area (Å²) in [5.41, 5.74) is 2.66. The van der Waals surface area contributed by atoms with Crippen LogP contribution in [0.3, 0.4) is 0 Å². The molecular weight excluding hydrogens is 374 g/mol. The Hall–Kier alpha value is -2.38. The lowest BCUT2D eigenvalue weighted by atomic mass is 10.2. The standard InChI is InChI=1S/C21H27N3O3S/c1-16-10-11-17(2)20(13-16)28(26,27)23-15-21(25)22-14-19-9-6-12-24(19)18-7-4-3-5-8-18/h3-5,7-8,10-11,13,19,23H,6,9,12,14-15H2,1-2H3,(H,22,25). The molecule has 1 aliphatic rings. The van der Waals surface area contributed by atoms with Gasteiger partial charge in [0, 0.05) is 24.8 Å². The normalized spacial score (nSPS) is 16.9. The highest BCUT2D eigenvalue weighted by Crippen LogP contribution is 2.24. The van der Waals surface area contributed by atoms with Crippen molar-refractivity contribution in [2.24, 2.45) is 0 Å². The minimum Gasteiger partial charge on any atom is -0.367 e. The molecule has 0 bridgehead atoms. The van der Waals surface area contributed by atoms with Crippen LogP contribution in [0.4, 0.5) is 5.69 Å². The molecule has 0 saturated carbocycles. The summed E-state index contributed by atoms with van der Waals surface area (Å²) in [6.07, 6.45) is 2.08. The Bertz CT molecular complexity index is 929. The highest BCUT2D eigenvalue weighted by Gasteiger charge is 2.25. The lowest BCUT2D eigenvalue weighted by Crippen LogP contribution is -2.43. The van der Waals surface area contributed by atoms with Crippen LogP contribution in [0, 0.1) is 13.8 Å². The molecule has 0 spiro atoms. The van der Waals surface area contributed by atoms with Crippen LogP contribution in [0.15, 0.2) is 53.4 Å². The number of benzene rings is 2. The smallest absolute Gasteiger partial charge is 0.241 e. The Balaban J connectivity index is 1.54. The van der Waals surface area contributed by atoms with Crippen molar-refractivity contribution in [1.82, 2.24) is 10.0 Å². The summed E-state index contributed by atoms with van der Waals surface area (Å²) in [6, 6.07) is 15.6. The van der Waals surface area contributed by atoms with Crippen LogP contribution in [0.1, 0.15) is 24.0 Å². The number of anilines is 1. The van der Waals surface area contributed by atoms with Crippen molar-refractivity contribution in [3.8, 4) is 0 Å². The Labute approximate surface area is 167 Å². The maximum Gasteiger partial charge on any atom is 0.241 e. The van der Waals surface area contributed by atoms with E-state index in [2.05, 4.69) is 27.1 Å². The van der Waals surface area contributed by atoms with E-state index in [1.54, 1.807) is 19.1 Å². The van der Waals surface area contributed by atoms with E-state index in [4.69, 9.17) is 0 Å². The second kappa shape index (κ2) is 8.75. The van der Waals surface area contributed by atoms with E-state index >= 15 is 0 Å². The lowest BCUT2D eigenvalue weighted by molar-refractivity contribution is -0.120. The average molecular weight is 402 g/mol. The number of sulfonamides is 1. The van der Waals surface area contributed by atoms with Crippen LogP contribution in [0.2, 0.25) is 0 Å². The number of rotatable bonds is 7. The van der Waals surface area contributed by atoms with Crippen LogP contribution < -0.4 is 14.9 Å². The minimum atomic E-state index is -3.72. The molecule has 1 aliphatic heterocycles. The molecule has 0 aromatic heterocycles. The van der Waals surface area contributed by atoms with Gasteiger partial charge in [-0.3, -0.25) is 4.79 Å².